The van der Waals surface area contributed by atoms with Crippen LogP contribution in [0.2, 0.25) is 0 Å². The minimum absolute atomic E-state index is 0.187. The zero-order valence-electron chi connectivity index (χ0n) is 13.0. The highest BCUT2D eigenvalue weighted by Gasteiger charge is 2.30. The van der Waals surface area contributed by atoms with Crippen molar-refractivity contribution in [1.29, 1.82) is 0 Å². The van der Waals surface area contributed by atoms with Gasteiger partial charge in [-0.2, -0.15) is 5.10 Å². The van der Waals surface area contributed by atoms with Crippen LogP contribution >= 0.6 is 0 Å². The lowest BCUT2D eigenvalue weighted by atomic mass is 9.92. The molecule has 5 heteroatoms. The Kier molecular flexibility index (Phi) is 4.08. The Morgan fingerprint density at radius 2 is 2.14 bits per heavy atom. The molecule has 5 nitrogen and oxygen atoms in total. The number of piperidine rings is 1. The summed E-state index contributed by atoms with van der Waals surface area (Å²) in [5, 5.41) is 4.50. The molecule has 1 aliphatic carbocycles. The number of allylic oxidation sites excluding steroid dienone is 2. The Morgan fingerprint density at radius 3 is 2.81 bits per heavy atom. The van der Waals surface area contributed by atoms with Gasteiger partial charge in [0, 0.05) is 19.0 Å². The summed E-state index contributed by atoms with van der Waals surface area (Å²) in [7, 11) is 0. The van der Waals surface area contributed by atoms with Crippen molar-refractivity contribution in [2.75, 3.05) is 13.1 Å². The summed E-state index contributed by atoms with van der Waals surface area (Å²) in [4.78, 5) is 19.1. The van der Waals surface area contributed by atoms with Gasteiger partial charge in [-0.15, -0.1) is 0 Å². The molecule has 1 aromatic rings. The number of hydrogen-bond donors (Lipinski definition) is 0. The number of rotatable bonds is 2. The van der Waals surface area contributed by atoms with Crippen LogP contribution in [0.25, 0.3) is 0 Å². The molecule has 2 atom stereocenters. The van der Waals surface area contributed by atoms with E-state index in [0.717, 1.165) is 56.8 Å². The van der Waals surface area contributed by atoms with E-state index in [1.165, 1.54) is 0 Å². The van der Waals surface area contributed by atoms with Gasteiger partial charge < -0.3 is 4.90 Å². The lowest BCUT2D eigenvalue weighted by Crippen LogP contribution is -2.44. The number of likely N-dealkylation sites (tertiary alicyclic amines) is 1. The van der Waals surface area contributed by atoms with E-state index in [1.54, 1.807) is 0 Å². The topological polar surface area (TPSA) is 51.0 Å². The molecule has 2 aliphatic rings. The van der Waals surface area contributed by atoms with Gasteiger partial charge in [0.25, 0.3) is 0 Å². The fourth-order valence-corrected chi connectivity index (χ4v) is 3.51. The van der Waals surface area contributed by atoms with Crippen LogP contribution in [-0.2, 0) is 4.79 Å². The second kappa shape index (κ2) is 6.00. The predicted octanol–water partition coefficient (Wildman–Crippen LogP) is 2.41. The lowest BCUT2D eigenvalue weighted by Gasteiger charge is -2.35. The third-order valence-electron chi connectivity index (χ3n) is 4.58. The predicted molar refractivity (Wildman–Crippen MR) is 80.8 cm³/mol. The largest absolute Gasteiger partial charge is 0.340 e. The maximum atomic E-state index is 12.7. The Balaban J connectivity index is 1.69. The fraction of sp³-hybridized carbons (Fsp3) is 0.688. The Morgan fingerprint density at radius 1 is 1.29 bits per heavy atom. The lowest BCUT2D eigenvalue weighted by molar-refractivity contribution is -0.137. The maximum absolute atomic E-state index is 12.7. The second-order valence-electron chi connectivity index (χ2n) is 6.21. The van der Waals surface area contributed by atoms with Crippen LogP contribution < -0.4 is 0 Å². The number of aryl methyl sites for hydroxylation is 2. The molecule has 0 radical (unpaired) electrons. The van der Waals surface area contributed by atoms with E-state index < -0.39 is 0 Å². The monoisotopic (exact) mass is 288 g/mol. The van der Waals surface area contributed by atoms with Crippen molar-refractivity contribution in [3.05, 3.63) is 23.8 Å². The number of amides is 1. The zero-order chi connectivity index (χ0) is 14.8. The molecule has 0 bridgehead atoms. The van der Waals surface area contributed by atoms with Crippen LogP contribution in [0.3, 0.4) is 0 Å². The van der Waals surface area contributed by atoms with Gasteiger partial charge >= 0.3 is 0 Å². The summed E-state index contributed by atoms with van der Waals surface area (Å²) < 4.78 is 2.01. The Bertz CT molecular complexity index is 548. The molecule has 1 saturated heterocycles. The Hall–Kier alpha value is -1.65. The molecule has 1 aliphatic heterocycles. The smallest absolute Gasteiger partial charge is 0.226 e. The highest BCUT2D eigenvalue weighted by Crippen LogP contribution is 2.26. The van der Waals surface area contributed by atoms with Crippen molar-refractivity contribution in [2.24, 2.45) is 5.92 Å². The molecule has 21 heavy (non-hydrogen) atoms. The van der Waals surface area contributed by atoms with Gasteiger partial charge in [0.05, 0.1) is 6.04 Å². The van der Waals surface area contributed by atoms with E-state index in [-0.39, 0.29) is 12.0 Å². The minimum atomic E-state index is 0.187. The number of carbonyl (C=O) groups is 1. The van der Waals surface area contributed by atoms with Crippen molar-refractivity contribution >= 4 is 5.91 Å². The number of carbonyl (C=O) groups excluding carboxylic acids is 1. The Labute approximate surface area is 126 Å². The summed E-state index contributed by atoms with van der Waals surface area (Å²) in [6.07, 6.45) is 9.41. The fourth-order valence-electron chi connectivity index (χ4n) is 3.51. The van der Waals surface area contributed by atoms with E-state index in [2.05, 4.69) is 27.1 Å². The van der Waals surface area contributed by atoms with Crippen LogP contribution in [0, 0.1) is 19.8 Å². The van der Waals surface area contributed by atoms with Crippen LogP contribution in [0.5, 0.6) is 0 Å². The van der Waals surface area contributed by atoms with Gasteiger partial charge in [0.2, 0.25) is 5.91 Å². The SMILES string of the molecule is Cc1nc(C)n([C@@H]2CCCN(C(=O)[C@H]3CC=CCC3)C2)n1. The molecule has 0 unspecified atom stereocenters. The van der Waals surface area contributed by atoms with E-state index in [4.69, 9.17) is 0 Å². The molecule has 1 fully saturated rings. The van der Waals surface area contributed by atoms with Crippen LogP contribution in [0.1, 0.15) is 49.8 Å². The first-order valence-corrected chi connectivity index (χ1v) is 7.98. The third kappa shape index (κ3) is 3.01. The van der Waals surface area contributed by atoms with Crippen molar-refractivity contribution in [3.8, 4) is 0 Å². The average molecular weight is 288 g/mol. The first-order chi connectivity index (χ1) is 10.1. The van der Waals surface area contributed by atoms with Gasteiger partial charge in [-0.3, -0.25) is 4.79 Å². The van der Waals surface area contributed by atoms with Crippen LogP contribution in [-0.4, -0.2) is 38.7 Å². The maximum Gasteiger partial charge on any atom is 0.226 e. The summed E-state index contributed by atoms with van der Waals surface area (Å²) >= 11 is 0. The molecule has 1 aromatic heterocycles. The van der Waals surface area contributed by atoms with Gasteiger partial charge in [0.1, 0.15) is 11.6 Å². The zero-order valence-corrected chi connectivity index (χ0v) is 13.0. The molecule has 114 valence electrons. The average Bonchev–Trinajstić information content (AvgIpc) is 2.86. The van der Waals surface area contributed by atoms with Gasteiger partial charge in [-0.25, -0.2) is 9.67 Å². The molecule has 0 spiro atoms. The van der Waals surface area contributed by atoms with Crippen molar-refractivity contribution in [3.63, 3.8) is 0 Å². The van der Waals surface area contributed by atoms with Crippen molar-refractivity contribution < 1.29 is 4.79 Å². The molecule has 2 heterocycles. The van der Waals surface area contributed by atoms with E-state index in [1.807, 2.05) is 18.5 Å². The first-order valence-electron chi connectivity index (χ1n) is 7.98. The molecule has 0 N–H and O–H groups in total. The van der Waals surface area contributed by atoms with E-state index in [0.29, 0.717) is 5.91 Å². The molecular formula is C16H24N4O. The normalized spacial score (nSPS) is 26.1. The first kappa shape index (κ1) is 14.3. The number of aromatic nitrogens is 3. The summed E-state index contributed by atoms with van der Waals surface area (Å²) in [5.41, 5.74) is 0. The summed E-state index contributed by atoms with van der Waals surface area (Å²) in [6, 6.07) is 0.281. The van der Waals surface area contributed by atoms with Crippen LogP contribution in [0.4, 0.5) is 0 Å². The molecule has 1 amide bonds. The van der Waals surface area contributed by atoms with Crippen molar-refractivity contribution in [1.82, 2.24) is 19.7 Å². The van der Waals surface area contributed by atoms with Crippen molar-refractivity contribution in [2.45, 2.75) is 52.0 Å². The number of hydrogen-bond acceptors (Lipinski definition) is 3. The molecular weight excluding hydrogens is 264 g/mol. The molecule has 0 saturated carbocycles. The standard InChI is InChI=1S/C16H24N4O/c1-12-17-13(2)20(18-12)15-9-6-10-19(11-15)16(21)14-7-4-3-5-8-14/h3-4,14-15H,5-11H2,1-2H3/t14-,15+/m0/s1. The third-order valence-corrected chi connectivity index (χ3v) is 4.58. The molecule has 0 aromatic carbocycles. The second-order valence-corrected chi connectivity index (χ2v) is 6.21. The summed E-state index contributed by atoms with van der Waals surface area (Å²) in [5.74, 6) is 2.28. The highest BCUT2D eigenvalue weighted by molar-refractivity contribution is 5.79. The van der Waals surface area contributed by atoms with Gasteiger partial charge in [-0.1, -0.05) is 12.2 Å². The molecule has 3 rings (SSSR count). The number of nitrogens with zero attached hydrogens (tertiary/aromatic N) is 4. The van der Waals surface area contributed by atoms with E-state index >= 15 is 0 Å². The van der Waals surface area contributed by atoms with Gasteiger partial charge in [-0.05, 0) is 46.0 Å². The quantitative estimate of drug-likeness (QED) is 0.785. The highest BCUT2D eigenvalue weighted by atomic mass is 16.2. The van der Waals surface area contributed by atoms with Crippen LogP contribution in [0.15, 0.2) is 12.2 Å². The summed E-state index contributed by atoms with van der Waals surface area (Å²) in [6.45, 7) is 5.58. The van der Waals surface area contributed by atoms with E-state index in [9.17, 15) is 4.79 Å². The minimum Gasteiger partial charge on any atom is -0.340 e. The van der Waals surface area contributed by atoms with Gasteiger partial charge in [0.15, 0.2) is 0 Å².